The minimum Gasteiger partial charge on any atom is -0.356 e. The highest BCUT2D eigenvalue weighted by atomic mass is 16.1. The molecule has 1 atom stereocenters. The molecular weight excluding hydrogens is 204 g/mol. The lowest BCUT2D eigenvalue weighted by atomic mass is 10.1. The van der Waals surface area contributed by atoms with Crippen LogP contribution in [0.3, 0.4) is 0 Å². The number of nitrogens with zero attached hydrogens (tertiary/aromatic N) is 1. The van der Waals surface area contributed by atoms with Crippen LogP contribution >= 0.6 is 0 Å². The van der Waals surface area contributed by atoms with E-state index < -0.39 is 0 Å². The third kappa shape index (κ3) is 5.85. The van der Waals surface area contributed by atoms with Crippen LogP contribution in [-0.2, 0) is 9.59 Å². The normalized spacial score (nSPS) is 12.6. The van der Waals surface area contributed by atoms with Crippen LogP contribution in [0.4, 0.5) is 0 Å². The third-order valence-corrected chi connectivity index (χ3v) is 2.75. The smallest absolute Gasteiger partial charge is 0.216 e. The molecule has 1 N–H and O–H groups in total. The van der Waals surface area contributed by atoms with Crippen molar-refractivity contribution in [2.24, 2.45) is 0 Å². The number of carbonyl (C=O) groups excluding carboxylic acids is 2. The quantitative estimate of drug-likeness (QED) is 0.635. The van der Waals surface area contributed by atoms with Gasteiger partial charge in [-0.2, -0.15) is 0 Å². The maximum Gasteiger partial charge on any atom is 0.216 e. The molecule has 0 fully saturated rings. The topological polar surface area (TPSA) is 49.4 Å². The number of likely N-dealkylation sites (N-methyl/N-ethyl adjacent to an activating group) is 1. The van der Waals surface area contributed by atoms with Gasteiger partial charge in [0.1, 0.15) is 5.78 Å². The van der Waals surface area contributed by atoms with Gasteiger partial charge in [0.25, 0.3) is 0 Å². The molecule has 0 aromatic rings. The summed E-state index contributed by atoms with van der Waals surface area (Å²) in [6.45, 7) is 9.71. The summed E-state index contributed by atoms with van der Waals surface area (Å²) in [7, 11) is 0. The summed E-state index contributed by atoms with van der Waals surface area (Å²) in [5.74, 6) is 0.203. The number of Topliss-reactive ketones (excluding diaryl/α,β-unsaturated/α-hetero) is 1. The van der Waals surface area contributed by atoms with Crippen LogP contribution in [0.5, 0.6) is 0 Å². The van der Waals surface area contributed by atoms with Gasteiger partial charge in [0.15, 0.2) is 0 Å². The molecule has 0 rings (SSSR count). The van der Waals surface area contributed by atoms with Crippen molar-refractivity contribution in [1.29, 1.82) is 0 Å². The molecule has 94 valence electrons. The first-order valence-electron chi connectivity index (χ1n) is 6.01. The van der Waals surface area contributed by atoms with E-state index in [-0.39, 0.29) is 17.7 Å². The Morgan fingerprint density at radius 3 is 2.12 bits per heavy atom. The summed E-state index contributed by atoms with van der Waals surface area (Å²) in [5, 5.41) is 2.75. The maximum absolute atomic E-state index is 11.5. The number of hydrogen-bond acceptors (Lipinski definition) is 3. The Morgan fingerprint density at radius 2 is 1.75 bits per heavy atom. The SMILES string of the molecule is CCN(CC)C(CCCNC(C)=O)C(C)=O. The van der Waals surface area contributed by atoms with E-state index in [4.69, 9.17) is 0 Å². The van der Waals surface area contributed by atoms with Gasteiger partial charge in [-0.25, -0.2) is 0 Å². The van der Waals surface area contributed by atoms with Gasteiger partial charge in [-0.05, 0) is 32.9 Å². The van der Waals surface area contributed by atoms with Crippen LogP contribution in [0.2, 0.25) is 0 Å². The summed E-state index contributed by atoms with van der Waals surface area (Å²) in [5.41, 5.74) is 0. The fraction of sp³-hybridized carbons (Fsp3) is 0.833. The van der Waals surface area contributed by atoms with Gasteiger partial charge in [0.2, 0.25) is 5.91 Å². The zero-order chi connectivity index (χ0) is 12.6. The second-order valence-electron chi connectivity index (χ2n) is 3.97. The van der Waals surface area contributed by atoms with Crippen molar-refractivity contribution in [2.75, 3.05) is 19.6 Å². The number of carbonyl (C=O) groups is 2. The zero-order valence-electron chi connectivity index (χ0n) is 10.9. The molecule has 0 aromatic heterocycles. The molecule has 0 spiro atoms. The molecule has 0 radical (unpaired) electrons. The van der Waals surface area contributed by atoms with Gasteiger partial charge < -0.3 is 5.32 Å². The first-order valence-corrected chi connectivity index (χ1v) is 6.01. The number of hydrogen-bond donors (Lipinski definition) is 1. The summed E-state index contributed by atoms with van der Waals surface area (Å²) in [6, 6.07) is 0.00348. The van der Waals surface area contributed by atoms with Crippen LogP contribution in [0.15, 0.2) is 0 Å². The summed E-state index contributed by atoms with van der Waals surface area (Å²) in [6.07, 6.45) is 1.66. The van der Waals surface area contributed by atoms with Crippen molar-refractivity contribution in [1.82, 2.24) is 10.2 Å². The minimum atomic E-state index is -0.0118. The number of amides is 1. The molecule has 1 unspecified atom stereocenters. The van der Waals surface area contributed by atoms with Crippen LogP contribution in [-0.4, -0.2) is 42.3 Å². The van der Waals surface area contributed by atoms with Crippen molar-refractivity contribution in [2.45, 2.75) is 46.6 Å². The Balaban J connectivity index is 4.03. The average Bonchev–Trinajstić information content (AvgIpc) is 2.22. The monoisotopic (exact) mass is 228 g/mol. The van der Waals surface area contributed by atoms with E-state index in [2.05, 4.69) is 24.1 Å². The van der Waals surface area contributed by atoms with Crippen LogP contribution < -0.4 is 5.32 Å². The predicted octanol–water partition coefficient (Wildman–Crippen LogP) is 1.20. The molecule has 0 saturated heterocycles. The van der Waals surface area contributed by atoms with E-state index in [1.807, 2.05) is 0 Å². The Labute approximate surface area is 98.4 Å². The number of rotatable bonds is 8. The molecule has 0 heterocycles. The first kappa shape index (κ1) is 15.1. The van der Waals surface area contributed by atoms with E-state index in [1.54, 1.807) is 6.92 Å². The second kappa shape index (κ2) is 8.28. The lowest BCUT2D eigenvalue weighted by molar-refractivity contribution is -0.122. The van der Waals surface area contributed by atoms with Gasteiger partial charge in [0, 0.05) is 13.5 Å². The fourth-order valence-electron chi connectivity index (χ4n) is 1.87. The van der Waals surface area contributed by atoms with Gasteiger partial charge in [-0.15, -0.1) is 0 Å². The lowest BCUT2D eigenvalue weighted by Crippen LogP contribution is -2.40. The summed E-state index contributed by atoms with van der Waals surface area (Å²) in [4.78, 5) is 24.3. The van der Waals surface area contributed by atoms with E-state index in [1.165, 1.54) is 6.92 Å². The Morgan fingerprint density at radius 1 is 1.19 bits per heavy atom. The molecule has 0 saturated carbocycles. The number of nitrogens with one attached hydrogen (secondary N) is 1. The Hall–Kier alpha value is -0.900. The average molecular weight is 228 g/mol. The molecule has 4 heteroatoms. The molecule has 0 aliphatic carbocycles. The molecule has 4 nitrogen and oxygen atoms in total. The van der Waals surface area contributed by atoms with Crippen LogP contribution in [0.25, 0.3) is 0 Å². The highest BCUT2D eigenvalue weighted by Crippen LogP contribution is 2.07. The highest BCUT2D eigenvalue weighted by molar-refractivity contribution is 5.81. The van der Waals surface area contributed by atoms with Crippen molar-refractivity contribution in [3.05, 3.63) is 0 Å². The standard InChI is InChI=1S/C12H24N2O2/c1-5-14(6-2)12(10(3)15)8-7-9-13-11(4)16/h12H,5-9H2,1-4H3,(H,13,16). The molecule has 16 heavy (non-hydrogen) atoms. The first-order chi connectivity index (χ1) is 7.52. The molecule has 0 aliphatic heterocycles. The van der Waals surface area contributed by atoms with E-state index in [0.717, 1.165) is 25.9 Å². The van der Waals surface area contributed by atoms with Crippen LogP contribution in [0, 0.1) is 0 Å². The second-order valence-corrected chi connectivity index (χ2v) is 3.97. The van der Waals surface area contributed by atoms with Gasteiger partial charge in [0.05, 0.1) is 6.04 Å². The van der Waals surface area contributed by atoms with Gasteiger partial charge in [-0.1, -0.05) is 13.8 Å². The zero-order valence-corrected chi connectivity index (χ0v) is 10.9. The molecular formula is C12H24N2O2. The van der Waals surface area contributed by atoms with E-state index >= 15 is 0 Å². The highest BCUT2D eigenvalue weighted by Gasteiger charge is 2.19. The third-order valence-electron chi connectivity index (χ3n) is 2.75. The van der Waals surface area contributed by atoms with E-state index in [9.17, 15) is 9.59 Å². The van der Waals surface area contributed by atoms with Crippen molar-refractivity contribution in [3.63, 3.8) is 0 Å². The lowest BCUT2D eigenvalue weighted by Gasteiger charge is -2.27. The van der Waals surface area contributed by atoms with Gasteiger partial charge in [-0.3, -0.25) is 14.5 Å². The number of ketones is 1. The Bertz CT molecular complexity index is 225. The summed E-state index contributed by atoms with van der Waals surface area (Å²) < 4.78 is 0. The molecule has 1 amide bonds. The fourth-order valence-corrected chi connectivity index (χ4v) is 1.87. The summed E-state index contributed by atoms with van der Waals surface area (Å²) >= 11 is 0. The van der Waals surface area contributed by atoms with Crippen molar-refractivity contribution in [3.8, 4) is 0 Å². The van der Waals surface area contributed by atoms with Gasteiger partial charge >= 0.3 is 0 Å². The molecule has 0 aromatic carbocycles. The van der Waals surface area contributed by atoms with Crippen LogP contribution in [0.1, 0.15) is 40.5 Å². The van der Waals surface area contributed by atoms with Crippen molar-refractivity contribution >= 4 is 11.7 Å². The predicted molar refractivity (Wildman–Crippen MR) is 65.3 cm³/mol. The molecule has 0 bridgehead atoms. The largest absolute Gasteiger partial charge is 0.356 e. The molecule has 0 aliphatic rings. The maximum atomic E-state index is 11.5. The Kier molecular flexibility index (Phi) is 7.81. The van der Waals surface area contributed by atoms with E-state index in [0.29, 0.717) is 6.54 Å². The minimum absolute atomic E-state index is 0.00348. The van der Waals surface area contributed by atoms with Crippen molar-refractivity contribution < 1.29 is 9.59 Å².